The van der Waals surface area contributed by atoms with Gasteiger partial charge in [0, 0.05) is 6.54 Å². The van der Waals surface area contributed by atoms with Gasteiger partial charge in [-0.3, -0.25) is 0 Å². The summed E-state index contributed by atoms with van der Waals surface area (Å²) < 4.78 is 3.26. The number of fused-ring (bicyclic) bond motifs is 1. The van der Waals surface area contributed by atoms with Gasteiger partial charge in [0.05, 0.1) is 14.7 Å². The number of hydrogen-bond donors (Lipinski definition) is 1. The van der Waals surface area contributed by atoms with Crippen molar-refractivity contribution < 1.29 is 0 Å². The molecule has 0 aliphatic carbocycles. The van der Waals surface area contributed by atoms with Gasteiger partial charge < -0.3 is 10.3 Å². The van der Waals surface area contributed by atoms with Gasteiger partial charge in [0.15, 0.2) is 5.82 Å². The molecule has 3 heterocycles. The van der Waals surface area contributed by atoms with E-state index in [0.717, 1.165) is 39.7 Å². The minimum absolute atomic E-state index is 0.0402. The molecule has 0 saturated heterocycles. The molecule has 2 aromatic rings. The Morgan fingerprint density at radius 2 is 2.31 bits per heavy atom. The molecule has 4 nitrogen and oxygen atoms in total. The number of nitrogens with two attached hydrogens (primary N) is 1. The average Bonchev–Trinajstić information content (AvgIpc) is 2.84. The summed E-state index contributed by atoms with van der Waals surface area (Å²) in [6.07, 6.45) is 2.11. The molecule has 0 aromatic carbocycles. The molecule has 0 fully saturated rings. The summed E-state index contributed by atoms with van der Waals surface area (Å²) in [4.78, 5) is 1.14. The second-order valence-electron chi connectivity index (χ2n) is 3.89. The van der Waals surface area contributed by atoms with Crippen molar-refractivity contribution in [3.8, 4) is 10.7 Å². The van der Waals surface area contributed by atoms with Crippen LogP contribution < -0.4 is 5.73 Å². The Morgan fingerprint density at radius 3 is 3.06 bits per heavy atom. The summed E-state index contributed by atoms with van der Waals surface area (Å²) in [6, 6.07) is 4.13. The highest BCUT2D eigenvalue weighted by Crippen LogP contribution is 2.33. The van der Waals surface area contributed by atoms with Crippen LogP contribution in [0.5, 0.6) is 0 Å². The van der Waals surface area contributed by atoms with Gasteiger partial charge in [-0.15, -0.1) is 21.5 Å². The maximum Gasteiger partial charge on any atom is 0.174 e. The van der Waals surface area contributed by atoms with Crippen molar-refractivity contribution in [2.24, 2.45) is 5.73 Å². The number of hydrogen-bond acceptors (Lipinski definition) is 4. The van der Waals surface area contributed by atoms with Crippen LogP contribution in [0, 0.1) is 0 Å². The standard InChI is InChI=1S/C10H11BrN4S/c11-8-4-3-7(16-8)10-14-13-9-6(12)2-1-5-15(9)10/h3-4,6H,1-2,5,12H2. The SMILES string of the molecule is NC1CCCn2c(-c3ccc(Br)s3)nnc21. The quantitative estimate of drug-likeness (QED) is 0.880. The Labute approximate surface area is 106 Å². The second-order valence-corrected chi connectivity index (χ2v) is 6.35. The van der Waals surface area contributed by atoms with Crippen LogP contribution in [0.25, 0.3) is 10.7 Å². The molecule has 16 heavy (non-hydrogen) atoms. The first kappa shape index (κ1) is 10.4. The van der Waals surface area contributed by atoms with Crippen molar-refractivity contribution in [3.05, 3.63) is 21.7 Å². The lowest BCUT2D eigenvalue weighted by atomic mass is 10.1. The maximum atomic E-state index is 6.01. The van der Waals surface area contributed by atoms with Crippen molar-refractivity contribution in [1.82, 2.24) is 14.8 Å². The topological polar surface area (TPSA) is 56.7 Å². The first-order valence-electron chi connectivity index (χ1n) is 5.20. The maximum absolute atomic E-state index is 6.01. The first-order chi connectivity index (χ1) is 7.75. The Bertz CT molecular complexity index is 519. The van der Waals surface area contributed by atoms with E-state index in [1.807, 2.05) is 6.07 Å². The van der Waals surface area contributed by atoms with Crippen molar-refractivity contribution in [2.45, 2.75) is 25.4 Å². The van der Waals surface area contributed by atoms with Gasteiger partial charge in [-0.05, 0) is 40.9 Å². The smallest absolute Gasteiger partial charge is 0.174 e. The molecule has 2 aromatic heterocycles. The van der Waals surface area contributed by atoms with Gasteiger partial charge in [0.2, 0.25) is 0 Å². The molecule has 1 unspecified atom stereocenters. The van der Waals surface area contributed by atoms with E-state index in [1.165, 1.54) is 0 Å². The summed E-state index contributed by atoms with van der Waals surface area (Å²) >= 11 is 5.13. The Hall–Kier alpha value is -0.720. The molecule has 0 bridgehead atoms. The van der Waals surface area contributed by atoms with Gasteiger partial charge >= 0.3 is 0 Å². The predicted octanol–water partition coefficient (Wildman–Crippen LogP) is 2.56. The van der Waals surface area contributed by atoms with Crippen LogP contribution in [0.1, 0.15) is 24.7 Å². The summed E-state index contributed by atoms with van der Waals surface area (Å²) in [5.41, 5.74) is 6.01. The number of rotatable bonds is 1. The zero-order chi connectivity index (χ0) is 11.1. The third-order valence-corrected chi connectivity index (χ3v) is 4.42. The highest BCUT2D eigenvalue weighted by Gasteiger charge is 2.23. The van der Waals surface area contributed by atoms with Gasteiger partial charge in [-0.1, -0.05) is 0 Å². The minimum atomic E-state index is 0.0402. The molecule has 0 saturated carbocycles. The van der Waals surface area contributed by atoms with Crippen LogP contribution in [0.3, 0.4) is 0 Å². The zero-order valence-corrected chi connectivity index (χ0v) is 11.0. The summed E-state index contributed by atoms with van der Waals surface area (Å²) in [5, 5.41) is 8.46. The molecule has 0 amide bonds. The van der Waals surface area contributed by atoms with E-state index >= 15 is 0 Å². The number of aromatic nitrogens is 3. The van der Waals surface area contributed by atoms with Gasteiger partial charge in [0.1, 0.15) is 5.82 Å². The molecular formula is C10H11BrN4S. The number of nitrogens with zero attached hydrogens (tertiary/aromatic N) is 3. The van der Waals surface area contributed by atoms with Crippen LogP contribution >= 0.6 is 27.3 Å². The lowest BCUT2D eigenvalue weighted by molar-refractivity contribution is 0.454. The molecule has 84 valence electrons. The zero-order valence-electron chi connectivity index (χ0n) is 8.56. The van der Waals surface area contributed by atoms with E-state index in [-0.39, 0.29) is 6.04 Å². The first-order valence-corrected chi connectivity index (χ1v) is 6.81. The van der Waals surface area contributed by atoms with Crippen LogP contribution in [-0.4, -0.2) is 14.8 Å². The largest absolute Gasteiger partial charge is 0.321 e. The van der Waals surface area contributed by atoms with E-state index < -0.39 is 0 Å². The van der Waals surface area contributed by atoms with Gasteiger partial charge in [-0.2, -0.15) is 0 Å². The highest BCUT2D eigenvalue weighted by molar-refractivity contribution is 9.11. The molecule has 1 aliphatic rings. The molecule has 0 radical (unpaired) electrons. The van der Waals surface area contributed by atoms with Crippen molar-refractivity contribution >= 4 is 27.3 Å². The molecular weight excluding hydrogens is 288 g/mol. The molecule has 6 heteroatoms. The van der Waals surface area contributed by atoms with E-state index in [4.69, 9.17) is 5.73 Å². The summed E-state index contributed by atoms with van der Waals surface area (Å²) in [6.45, 7) is 0.973. The fourth-order valence-corrected chi connectivity index (χ4v) is 3.40. The molecule has 3 rings (SSSR count). The van der Waals surface area contributed by atoms with Crippen molar-refractivity contribution in [3.63, 3.8) is 0 Å². The van der Waals surface area contributed by atoms with Crippen LogP contribution in [-0.2, 0) is 6.54 Å². The lowest BCUT2D eigenvalue weighted by Gasteiger charge is -2.19. The van der Waals surface area contributed by atoms with Gasteiger partial charge in [0.25, 0.3) is 0 Å². The number of thiophene rings is 1. The monoisotopic (exact) mass is 298 g/mol. The average molecular weight is 299 g/mol. The molecule has 2 N–H and O–H groups in total. The normalized spacial score (nSPS) is 19.8. The van der Waals surface area contributed by atoms with E-state index in [2.05, 4.69) is 36.8 Å². The third-order valence-electron chi connectivity index (χ3n) is 2.80. The minimum Gasteiger partial charge on any atom is -0.321 e. The lowest BCUT2D eigenvalue weighted by Crippen LogP contribution is -2.22. The molecule has 1 atom stereocenters. The van der Waals surface area contributed by atoms with Crippen LogP contribution in [0.2, 0.25) is 0 Å². The van der Waals surface area contributed by atoms with E-state index in [0.29, 0.717) is 0 Å². The van der Waals surface area contributed by atoms with E-state index in [1.54, 1.807) is 11.3 Å². The third kappa shape index (κ3) is 1.61. The molecule has 0 spiro atoms. The van der Waals surface area contributed by atoms with Gasteiger partial charge in [-0.25, -0.2) is 0 Å². The van der Waals surface area contributed by atoms with Crippen LogP contribution in [0.4, 0.5) is 0 Å². The van der Waals surface area contributed by atoms with Crippen molar-refractivity contribution in [1.29, 1.82) is 0 Å². The molecule has 1 aliphatic heterocycles. The summed E-state index contributed by atoms with van der Waals surface area (Å²) in [7, 11) is 0. The van der Waals surface area contributed by atoms with Crippen molar-refractivity contribution in [2.75, 3.05) is 0 Å². The number of halogens is 1. The Morgan fingerprint density at radius 1 is 1.44 bits per heavy atom. The Kier molecular flexibility index (Phi) is 2.57. The highest BCUT2D eigenvalue weighted by atomic mass is 79.9. The second kappa shape index (κ2) is 3.94. The fourth-order valence-electron chi connectivity index (χ4n) is 2.03. The van der Waals surface area contributed by atoms with E-state index in [9.17, 15) is 0 Å². The van der Waals surface area contributed by atoms with Crippen LogP contribution in [0.15, 0.2) is 15.9 Å². The fraction of sp³-hybridized carbons (Fsp3) is 0.400. The summed E-state index contributed by atoms with van der Waals surface area (Å²) in [5.74, 6) is 1.87. The predicted molar refractivity (Wildman–Crippen MR) is 67.2 cm³/mol. The Balaban J connectivity index is 2.09.